The van der Waals surface area contributed by atoms with Gasteiger partial charge in [0.15, 0.2) is 0 Å². The summed E-state index contributed by atoms with van der Waals surface area (Å²) in [5.74, 6) is -0.366. The molecule has 12 heteroatoms. The van der Waals surface area contributed by atoms with Crippen molar-refractivity contribution in [3.05, 3.63) is 59.9 Å². The lowest BCUT2D eigenvalue weighted by Crippen LogP contribution is -2.54. The van der Waals surface area contributed by atoms with Gasteiger partial charge in [0.1, 0.15) is 11.9 Å². The van der Waals surface area contributed by atoms with Crippen molar-refractivity contribution in [2.45, 2.75) is 50.6 Å². The van der Waals surface area contributed by atoms with Gasteiger partial charge in [0.25, 0.3) is 11.8 Å². The third-order valence-electron chi connectivity index (χ3n) is 9.11. The molecule has 0 radical (unpaired) electrons. The zero-order valence-corrected chi connectivity index (χ0v) is 24.4. The number of morpholine rings is 1. The normalized spacial score (nSPS) is 23.4. The Morgan fingerprint density at radius 1 is 1.00 bits per heavy atom. The predicted octanol–water partition coefficient (Wildman–Crippen LogP) is 3.03. The highest BCUT2D eigenvalue weighted by Gasteiger charge is 2.44. The summed E-state index contributed by atoms with van der Waals surface area (Å²) in [6.07, 6.45) is 8.51. The van der Waals surface area contributed by atoms with Crippen molar-refractivity contribution in [2.24, 2.45) is 5.92 Å². The van der Waals surface area contributed by atoms with E-state index in [0.29, 0.717) is 12.0 Å². The zero-order chi connectivity index (χ0) is 30.2. The van der Waals surface area contributed by atoms with Crippen molar-refractivity contribution in [1.29, 1.82) is 0 Å². The molecule has 3 aliphatic heterocycles. The molecule has 12 nitrogen and oxygen atoms in total. The fraction of sp³-hybridized carbons (Fsp3) is 0.438. The Kier molecular flexibility index (Phi) is 7.59. The van der Waals surface area contributed by atoms with E-state index in [9.17, 15) is 19.2 Å². The number of rotatable bonds is 9. The average Bonchev–Trinajstić information content (AvgIpc) is 3.60. The van der Waals surface area contributed by atoms with Crippen LogP contribution in [0.5, 0.6) is 0 Å². The minimum Gasteiger partial charge on any atom is -0.385 e. The largest absolute Gasteiger partial charge is 0.385 e. The minimum absolute atomic E-state index is 0.100. The monoisotopic (exact) mass is 597 g/mol. The van der Waals surface area contributed by atoms with Crippen LogP contribution in [0.25, 0.3) is 11.3 Å². The first kappa shape index (κ1) is 28.2. The second kappa shape index (κ2) is 11.8. The van der Waals surface area contributed by atoms with Gasteiger partial charge in [-0.15, -0.1) is 0 Å². The fourth-order valence-electron chi connectivity index (χ4n) is 6.58. The summed E-state index contributed by atoms with van der Waals surface area (Å²) in [5, 5.41) is 10.2. The summed E-state index contributed by atoms with van der Waals surface area (Å²) < 4.78 is 7.54. The summed E-state index contributed by atoms with van der Waals surface area (Å²) in [4.78, 5) is 57.9. The summed E-state index contributed by atoms with van der Waals surface area (Å²) in [5.41, 5.74) is 3.30. The number of carbonyl (C=O) groups excluding carboxylic acids is 4. The van der Waals surface area contributed by atoms with Crippen molar-refractivity contribution in [1.82, 2.24) is 25.0 Å². The van der Waals surface area contributed by atoms with Gasteiger partial charge in [0, 0.05) is 43.5 Å². The Balaban J connectivity index is 0.874. The Bertz CT molecular complexity index is 1610. The lowest BCUT2D eigenvalue weighted by molar-refractivity contribution is -0.136. The van der Waals surface area contributed by atoms with Crippen LogP contribution in [0.3, 0.4) is 0 Å². The number of carbonyl (C=O) groups is 4. The van der Waals surface area contributed by atoms with E-state index in [1.165, 1.54) is 0 Å². The summed E-state index contributed by atoms with van der Waals surface area (Å²) in [6.45, 7) is 3.91. The molecule has 0 bridgehead atoms. The maximum atomic E-state index is 13.1. The lowest BCUT2D eigenvalue weighted by atomic mass is 9.77. The minimum atomic E-state index is -0.959. The van der Waals surface area contributed by atoms with Gasteiger partial charge in [-0.1, -0.05) is 6.07 Å². The van der Waals surface area contributed by atoms with Crippen LogP contribution in [0.4, 0.5) is 11.5 Å². The van der Waals surface area contributed by atoms with Gasteiger partial charge in [-0.2, -0.15) is 5.10 Å². The van der Waals surface area contributed by atoms with Crippen LogP contribution in [-0.4, -0.2) is 82.2 Å². The molecule has 228 valence electrons. The number of anilines is 2. The van der Waals surface area contributed by atoms with E-state index in [2.05, 4.69) is 31.5 Å². The molecule has 1 saturated carbocycles. The van der Waals surface area contributed by atoms with Crippen LogP contribution < -0.4 is 15.5 Å². The first-order valence-electron chi connectivity index (χ1n) is 15.4. The van der Waals surface area contributed by atoms with Gasteiger partial charge < -0.3 is 15.0 Å². The molecule has 1 aliphatic carbocycles. The van der Waals surface area contributed by atoms with Gasteiger partial charge in [0.2, 0.25) is 11.8 Å². The number of amides is 4. The summed E-state index contributed by atoms with van der Waals surface area (Å²) in [7, 11) is 0. The van der Waals surface area contributed by atoms with Crippen molar-refractivity contribution in [3.63, 3.8) is 0 Å². The lowest BCUT2D eigenvalue weighted by Gasteiger charge is -2.35. The Morgan fingerprint density at radius 3 is 2.64 bits per heavy atom. The molecule has 4 amide bonds. The van der Waals surface area contributed by atoms with E-state index < -0.39 is 23.8 Å². The third kappa shape index (κ3) is 5.45. The Labute approximate surface area is 254 Å². The van der Waals surface area contributed by atoms with E-state index in [1.807, 2.05) is 24.4 Å². The number of ether oxygens (including phenoxy) is 1. The first-order valence-corrected chi connectivity index (χ1v) is 15.4. The molecule has 44 heavy (non-hydrogen) atoms. The number of hydrogen-bond acceptors (Lipinski definition) is 9. The molecule has 0 spiro atoms. The molecule has 4 aliphatic rings. The first-order chi connectivity index (χ1) is 21.4. The van der Waals surface area contributed by atoms with Crippen molar-refractivity contribution in [3.8, 4) is 11.3 Å². The van der Waals surface area contributed by atoms with Crippen molar-refractivity contribution in [2.75, 3.05) is 43.1 Å². The van der Waals surface area contributed by atoms with E-state index in [1.54, 1.807) is 18.2 Å². The number of hydrogen-bond donors (Lipinski definition) is 2. The van der Waals surface area contributed by atoms with Crippen LogP contribution in [0.15, 0.2) is 48.8 Å². The number of nitrogens with one attached hydrogen (secondary N) is 2. The molecule has 2 saturated heterocycles. The summed E-state index contributed by atoms with van der Waals surface area (Å²) in [6, 6.07) is 10.7. The van der Waals surface area contributed by atoms with Gasteiger partial charge in [-0.25, -0.2) is 4.98 Å². The molecule has 2 N–H and O–H groups in total. The molecule has 1 atom stereocenters. The number of pyridine rings is 1. The van der Waals surface area contributed by atoms with Crippen LogP contribution in [0.1, 0.15) is 65.3 Å². The maximum Gasteiger partial charge on any atom is 0.262 e. The molecule has 1 aromatic carbocycles. The molecule has 7 rings (SSSR count). The van der Waals surface area contributed by atoms with Gasteiger partial charge in [0.05, 0.1) is 42.3 Å². The van der Waals surface area contributed by atoms with Crippen molar-refractivity contribution < 1.29 is 23.9 Å². The van der Waals surface area contributed by atoms with Crippen molar-refractivity contribution >= 4 is 35.1 Å². The topological polar surface area (TPSA) is 139 Å². The van der Waals surface area contributed by atoms with E-state index >= 15 is 0 Å². The number of piperidine rings is 1. The standard InChI is InChI=1S/C32H35N7O5/c40-29-9-8-27(30(41)36-29)39-31(42)24-7-6-22(17-25(24)32(39)43)33-10-2-3-20-15-23(16-20)38-19-21(18-34-38)26-4-1-5-28(35-26)37-11-13-44-14-12-37/h1,4-7,17-20,23,27,33H,2-3,8-16H2,(H,36,40,41). The van der Waals surface area contributed by atoms with Crippen LogP contribution in [-0.2, 0) is 14.3 Å². The molecular weight excluding hydrogens is 562 g/mol. The smallest absolute Gasteiger partial charge is 0.262 e. The number of aromatic nitrogens is 3. The number of imide groups is 2. The van der Waals surface area contributed by atoms with E-state index in [-0.39, 0.29) is 29.9 Å². The van der Waals surface area contributed by atoms with E-state index in [0.717, 1.165) is 86.2 Å². The summed E-state index contributed by atoms with van der Waals surface area (Å²) >= 11 is 0. The number of fused-ring (bicyclic) bond motifs is 1. The quantitative estimate of drug-likeness (QED) is 0.282. The fourth-order valence-corrected chi connectivity index (χ4v) is 6.58. The highest BCUT2D eigenvalue weighted by molar-refractivity contribution is 6.23. The highest BCUT2D eigenvalue weighted by atomic mass is 16.5. The molecular formula is C32H35N7O5. The predicted molar refractivity (Wildman–Crippen MR) is 161 cm³/mol. The zero-order valence-electron chi connectivity index (χ0n) is 24.4. The SMILES string of the molecule is O=C1CCC(N2C(=O)c3ccc(NCCCC4CC(n5cc(-c6cccc(N7CCOCC7)n6)cn5)C4)cc3C2=O)C(=O)N1. The molecule has 3 fully saturated rings. The Morgan fingerprint density at radius 2 is 1.82 bits per heavy atom. The third-order valence-corrected chi connectivity index (χ3v) is 9.11. The molecule has 5 heterocycles. The number of benzene rings is 1. The van der Waals surface area contributed by atoms with Gasteiger partial charge >= 0.3 is 0 Å². The number of nitrogens with zero attached hydrogens (tertiary/aromatic N) is 5. The maximum absolute atomic E-state index is 13.1. The van der Waals surface area contributed by atoms with E-state index in [4.69, 9.17) is 9.72 Å². The second-order valence-electron chi connectivity index (χ2n) is 12.0. The average molecular weight is 598 g/mol. The van der Waals surface area contributed by atoms with Gasteiger partial charge in [-0.05, 0) is 68.4 Å². The van der Waals surface area contributed by atoms with Gasteiger partial charge in [-0.3, -0.25) is 34.1 Å². The highest BCUT2D eigenvalue weighted by Crippen LogP contribution is 2.40. The van der Waals surface area contributed by atoms with Crippen LogP contribution >= 0.6 is 0 Å². The van der Waals surface area contributed by atoms with Crippen LogP contribution in [0.2, 0.25) is 0 Å². The second-order valence-corrected chi connectivity index (χ2v) is 12.0. The molecule has 2 aromatic heterocycles. The Hall–Kier alpha value is -4.58. The van der Waals surface area contributed by atoms with Crippen LogP contribution in [0, 0.1) is 5.92 Å². The molecule has 3 aromatic rings. The molecule has 1 unspecified atom stereocenters.